The topological polar surface area (TPSA) is 38.3 Å². The van der Waals surface area contributed by atoms with Gasteiger partial charge in [-0.05, 0) is 37.9 Å². The zero-order chi connectivity index (χ0) is 15.0. The lowest BCUT2D eigenvalue weighted by molar-refractivity contribution is -0.152. The molecular weight excluding hydrogens is 262 g/mol. The average Bonchev–Trinajstić information content (AvgIpc) is 2.56. The highest BCUT2D eigenvalue weighted by Gasteiger charge is 2.42. The van der Waals surface area contributed by atoms with E-state index in [1.807, 2.05) is 18.2 Å². The predicted octanol–water partition coefficient (Wildman–Crippen LogP) is 3.43. The maximum atomic E-state index is 12.7. The summed E-state index contributed by atoms with van der Waals surface area (Å²) in [6.45, 7) is 4.49. The Morgan fingerprint density at radius 3 is 2.52 bits per heavy atom. The molecule has 21 heavy (non-hydrogen) atoms. The molecule has 0 aliphatic carbocycles. The fourth-order valence-electron chi connectivity index (χ4n) is 3.05. The van der Waals surface area contributed by atoms with Crippen molar-refractivity contribution in [2.24, 2.45) is 0 Å². The molecule has 0 unspecified atom stereocenters. The minimum absolute atomic E-state index is 0.0355. The van der Waals surface area contributed by atoms with Crippen LogP contribution in [0.3, 0.4) is 0 Å². The highest BCUT2D eigenvalue weighted by Crippen LogP contribution is 2.34. The smallest absolute Gasteiger partial charge is 0.316 e. The van der Waals surface area contributed by atoms with Crippen LogP contribution in [0, 0.1) is 0 Å². The summed E-state index contributed by atoms with van der Waals surface area (Å²) in [7, 11) is 0. The minimum atomic E-state index is -0.447. The van der Waals surface area contributed by atoms with Gasteiger partial charge in [-0.25, -0.2) is 0 Å². The molecule has 3 heteroatoms. The normalized spacial score (nSPS) is 17.4. The molecule has 1 aliphatic rings. The van der Waals surface area contributed by atoms with Gasteiger partial charge >= 0.3 is 5.97 Å². The largest absolute Gasteiger partial charge is 0.465 e. The van der Waals surface area contributed by atoms with Gasteiger partial charge in [0.2, 0.25) is 0 Å². The SMILES string of the molecule is CCCCCCOC(=O)C1(c2ccccc2)CCNCC1. The molecule has 3 nitrogen and oxygen atoms in total. The van der Waals surface area contributed by atoms with E-state index in [2.05, 4.69) is 24.4 Å². The number of carbonyl (C=O) groups is 1. The molecule has 1 aromatic carbocycles. The van der Waals surface area contributed by atoms with E-state index in [9.17, 15) is 4.79 Å². The van der Waals surface area contributed by atoms with Crippen LogP contribution in [0.15, 0.2) is 30.3 Å². The van der Waals surface area contributed by atoms with Gasteiger partial charge in [0.25, 0.3) is 0 Å². The van der Waals surface area contributed by atoms with Crippen molar-refractivity contribution in [2.45, 2.75) is 50.9 Å². The number of hydrogen-bond donors (Lipinski definition) is 1. The summed E-state index contributed by atoms with van der Waals surface area (Å²) in [5.41, 5.74) is 0.655. The molecule has 1 aliphatic heterocycles. The van der Waals surface area contributed by atoms with E-state index in [0.29, 0.717) is 6.61 Å². The second kappa shape index (κ2) is 8.18. The molecule has 0 amide bonds. The third-order valence-electron chi connectivity index (χ3n) is 4.41. The molecule has 0 aromatic heterocycles. The fraction of sp³-hybridized carbons (Fsp3) is 0.611. The molecule has 2 rings (SSSR count). The Morgan fingerprint density at radius 2 is 1.86 bits per heavy atom. The first-order valence-electron chi connectivity index (χ1n) is 8.23. The van der Waals surface area contributed by atoms with Crippen LogP contribution in [0.25, 0.3) is 0 Å². The predicted molar refractivity (Wildman–Crippen MR) is 85.3 cm³/mol. The average molecular weight is 289 g/mol. The fourth-order valence-corrected chi connectivity index (χ4v) is 3.05. The number of hydrogen-bond acceptors (Lipinski definition) is 3. The van der Waals surface area contributed by atoms with Crippen molar-refractivity contribution in [1.82, 2.24) is 5.32 Å². The van der Waals surface area contributed by atoms with E-state index in [4.69, 9.17) is 4.74 Å². The van der Waals surface area contributed by atoms with Crippen molar-refractivity contribution in [3.63, 3.8) is 0 Å². The number of carbonyl (C=O) groups excluding carboxylic acids is 1. The molecule has 0 spiro atoms. The summed E-state index contributed by atoms with van der Waals surface area (Å²) < 4.78 is 5.62. The van der Waals surface area contributed by atoms with Crippen molar-refractivity contribution < 1.29 is 9.53 Å². The number of nitrogens with one attached hydrogen (secondary N) is 1. The first kappa shape index (κ1) is 16.0. The van der Waals surface area contributed by atoms with Crippen molar-refractivity contribution in [2.75, 3.05) is 19.7 Å². The second-order valence-corrected chi connectivity index (χ2v) is 5.89. The minimum Gasteiger partial charge on any atom is -0.465 e. The summed E-state index contributed by atoms with van der Waals surface area (Å²) in [6, 6.07) is 10.1. The number of ether oxygens (including phenoxy) is 1. The van der Waals surface area contributed by atoms with Gasteiger partial charge in [0.15, 0.2) is 0 Å². The van der Waals surface area contributed by atoms with Crippen LogP contribution in [0.5, 0.6) is 0 Å². The van der Waals surface area contributed by atoms with Gasteiger partial charge in [0.1, 0.15) is 0 Å². The van der Waals surface area contributed by atoms with Crippen LogP contribution < -0.4 is 5.32 Å². The van der Waals surface area contributed by atoms with Gasteiger partial charge in [-0.1, -0.05) is 56.5 Å². The Kier molecular flexibility index (Phi) is 6.24. The highest BCUT2D eigenvalue weighted by molar-refractivity contribution is 5.83. The summed E-state index contributed by atoms with van der Waals surface area (Å²) in [5.74, 6) is -0.0355. The van der Waals surface area contributed by atoms with Crippen LogP contribution in [0.2, 0.25) is 0 Å². The van der Waals surface area contributed by atoms with Crippen LogP contribution in [0.1, 0.15) is 51.0 Å². The molecule has 0 bridgehead atoms. The van der Waals surface area contributed by atoms with Crippen LogP contribution in [0.4, 0.5) is 0 Å². The maximum Gasteiger partial charge on any atom is 0.316 e. The van der Waals surface area contributed by atoms with Gasteiger partial charge < -0.3 is 10.1 Å². The van der Waals surface area contributed by atoms with E-state index >= 15 is 0 Å². The zero-order valence-corrected chi connectivity index (χ0v) is 13.1. The maximum absolute atomic E-state index is 12.7. The van der Waals surface area contributed by atoms with E-state index < -0.39 is 5.41 Å². The van der Waals surface area contributed by atoms with Crippen molar-refractivity contribution in [1.29, 1.82) is 0 Å². The molecule has 1 fully saturated rings. The van der Waals surface area contributed by atoms with Crippen molar-refractivity contribution >= 4 is 5.97 Å². The van der Waals surface area contributed by atoms with Crippen LogP contribution >= 0.6 is 0 Å². The number of esters is 1. The highest BCUT2D eigenvalue weighted by atomic mass is 16.5. The van der Waals surface area contributed by atoms with Gasteiger partial charge in [-0.15, -0.1) is 0 Å². The number of piperidine rings is 1. The van der Waals surface area contributed by atoms with Gasteiger partial charge in [0.05, 0.1) is 12.0 Å². The molecule has 116 valence electrons. The zero-order valence-electron chi connectivity index (χ0n) is 13.1. The standard InChI is InChI=1S/C18H27NO2/c1-2-3-4-8-15-21-17(20)18(11-13-19-14-12-18)16-9-6-5-7-10-16/h5-7,9-10,19H,2-4,8,11-15H2,1H3. The summed E-state index contributed by atoms with van der Waals surface area (Å²) in [5, 5.41) is 3.34. The quantitative estimate of drug-likeness (QED) is 0.617. The van der Waals surface area contributed by atoms with Crippen LogP contribution in [-0.4, -0.2) is 25.7 Å². The molecule has 1 heterocycles. The molecular formula is C18H27NO2. The lowest BCUT2D eigenvalue weighted by atomic mass is 9.73. The number of unbranched alkanes of at least 4 members (excludes halogenated alkanes) is 3. The molecule has 0 radical (unpaired) electrons. The number of rotatable bonds is 7. The van der Waals surface area contributed by atoms with E-state index in [0.717, 1.165) is 44.3 Å². The third-order valence-corrected chi connectivity index (χ3v) is 4.41. The summed E-state index contributed by atoms with van der Waals surface area (Å²) >= 11 is 0. The summed E-state index contributed by atoms with van der Waals surface area (Å²) in [6.07, 6.45) is 6.18. The van der Waals surface area contributed by atoms with Crippen molar-refractivity contribution in [3.8, 4) is 0 Å². The van der Waals surface area contributed by atoms with Gasteiger partial charge in [-0.3, -0.25) is 4.79 Å². The molecule has 1 N–H and O–H groups in total. The number of benzene rings is 1. The molecule has 1 saturated heterocycles. The lowest BCUT2D eigenvalue weighted by Gasteiger charge is -2.35. The Morgan fingerprint density at radius 1 is 1.14 bits per heavy atom. The van der Waals surface area contributed by atoms with E-state index in [-0.39, 0.29) is 5.97 Å². The third kappa shape index (κ3) is 4.07. The monoisotopic (exact) mass is 289 g/mol. The lowest BCUT2D eigenvalue weighted by Crippen LogP contribution is -2.46. The molecule has 1 aromatic rings. The second-order valence-electron chi connectivity index (χ2n) is 5.89. The van der Waals surface area contributed by atoms with Crippen LogP contribution in [-0.2, 0) is 14.9 Å². The first-order valence-corrected chi connectivity index (χ1v) is 8.23. The van der Waals surface area contributed by atoms with E-state index in [1.165, 1.54) is 12.8 Å². The summed E-state index contributed by atoms with van der Waals surface area (Å²) in [4.78, 5) is 12.7. The van der Waals surface area contributed by atoms with Crippen molar-refractivity contribution in [3.05, 3.63) is 35.9 Å². The van der Waals surface area contributed by atoms with E-state index in [1.54, 1.807) is 0 Å². The first-order chi connectivity index (χ1) is 10.3. The Bertz CT molecular complexity index is 424. The molecule has 0 saturated carbocycles. The Labute approximate surface area is 128 Å². The molecule has 0 atom stereocenters. The van der Waals surface area contributed by atoms with Gasteiger partial charge in [-0.2, -0.15) is 0 Å². The van der Waals surface area contributed by atoms with Gasteiger partial charge in [0, 0.05) is 0 Å². The Hall–Kier alpha value is -1.35. The Balaban J connectivity index is 2.01.